The Hall–Kier alpha value is -3.22. The van der Waals surface area contributed by atoms with Crippen molar-refractivity contribution in [1.29, 1.82) is 0 Å². The van der Waals surface area contributed by atoms with Crippen LogP contribution in [-0.4, -0.2) is 12.1 Å². The van der Waals surface area contributed by atoms with Gasteiger partial charge >= 0.3 is 5.52 Å². The van der Waals surface area contributed by atoms with Crippen molar-refractivity contribution >= 4 is 34.4 Å². The molecule has 0 aliphatic heterocycles. The summed E-state index contributed by atoms with van der Waals surface area (Å²) in [7, 11) is -2.48. The molecule has 29 heavy (non-hydrogen) atoms. The first-order chi connectivity index (χ1) is 14.3. The van der Waals surface area contributed by atoms with Gasteiger partial charge in [-0.2, -0.15) is 0 Å². The minimum atomic E-state index is -2.48. The molecule has 142 valence electrons. The number of nitrogens with one attached hydrogen (secondary N) is 1. The zero-order valence-corrected chi connectivity index (χ0v) is 17.0. The van der Waals surface area contributed by atoms with E-state index in [1.807, 2.05) is 84.9 Å². The minimum Gasteiger partial charge on any atom is -0.375 e. The van der Waals surface area contributed by atoms with Crippen LogP contribution in [0.25, 0.3) is 0 Å². The maximum Gasteiger partial charge on any atom is 0.302 e. The predicted octanol–water partition coefficient (Wildman–Crippen LogP) is 4.62. The molecule has 1 N–H and O–H groups in total. The van der Waals surface area contributed by atoms with Gasteiger partial charge in [-0.25, -0.2) is 4.79 Å². The van der Waals surface area contributed by atoms with E-state index in [4.69, 9.17) is 0 Å². The molecule has 0 unspecified atom stereocenters. The third-order valence-electron chi connectivity index (χ3n) is 5.02. The van der Waals surface area contributed by atoms with Crippen molar-refractivity contribution in [3.8, 4) is 0 Å². The second kappa shape index (κ2) is 8.86. The quantitative estimate of drug-likeness (QED) is 0.462. The number of anilines is 1. The summed E-state index contributed by atoms with van der Waals surface area (Å²) in [6.45, 7) is 0.274. The Kier molecular flexibility index (Phi) is 5.84. The summed E-state index contributed by atoms with van der Waals surface area (Å²) >= 11 is 0. The van der Waals surface area contributed by atoms with Gasteiger partial charge < -0.3 is 5.32 Å². The van der Waals surface area contributed by atoms with E-state index in [1.54, 1.807) is 0 Å². The van der Waals surface area contributed by atoms with Gasteiger partial charge in [0.25, 0.3) is 0 Å². The molecule has 0 saturated heterocycles. The van der Waals surface area contributed by atoms with Crippen LogP contribution in [0, 0.1) is 0 Å². The SMILES string of the molecule is O=C(CNc1ccccc1)[P+](c1ccccc1)(c1ccccc1)c1ccccc1. The van der Waals surface area contributed by atoms with Crippen molar-refractivity contribution in [3.05, 3.63) is 121 Å². The smallest absolute Gasteiger partial charge is 0.302 e. The summed E-state index contributed by atoms with van der Waals surface area (Å²) in [5.41, 5.74) is 1.16. The molecule has 0 saturated carbocycles. The van der Waals surface area contributed by atoms with E-state index in [0.717, 1.165) is 21.6 Å². The van der Waals surface area contributed by atoms with Crippen molar-refractivity contribution in [2.45, 2.75) is 0 Å². The highest BCUT2D eigenvalue weighted by molar-refractivity contribution is 8.08. The summed E-state index contributed by atoms with van der Waals surface area (Å²) in [6.07, 6.45) is 0. The van der Waals surface area contributed by atoms with E-state index < -0.39 is 7.26 Å². The van der Waals surface area contributed by atoms with Gasteiger partial charge in [0, 0.05) is 5.69 Å². The molecule has 3 heteroatoms. The standard InChI is InChI=1S/C26H23NOP/c28-26(21-27-22-13-5-1-6-14-22)29(23-15-7-2-8-16-23,24-17-9-3-10-18-24)25-19-11-4-12-20-25/h1-20,27H,21H2/q+1. The summed E-state index contributed by atoms with van der Waals surface area (Å²) in [4.78, 5) is 14.0. The van der Waals surface area contributed by atoms with Crippen LogP contribution < -0.4 is 21.2 Å². The zero-order valence-electron chi connectivity index (χ0n) is 16.1. The Morgan fingerprint density at radius 2 is 0.897 bits per heavy atom. The fourth-order valence-corrected chi connectivity index (χ4v) is 7.62. The zero-order chi connectivity index (χ0) is 19.9. The van der Waals surface area contributed by atoms with Crippen molar-refractivity contribution in [2.24, 2.45) is 0 Å². The largest absolute Gasteiger partial charge is 0.375 e. The molecule has 4 rings (SSSR count). The predicted molar refractivity (Wildman–Crippen MR) is 125 cm³/mol. The summed E-state index contributed by atoms with van der Waals surface area (Å²) < 4.78 is 0. The fourth-order valence-electron chi connectivity index (χ4n) is 3.69. The lowest BCUT2D eigenvalue weighted by molar-refractivity contribution is -0.110. The molecule has 0 aliphatic rings. The molecule has 2 nitrogen and oxygen atoms in total. The summed E-state index contributed by atoms with van der Waals surface area (Å²) in [5.74, 6) is 0. The molecular formula is C26H23NOP+. The van der Waals surface area contributed by atoms with Crippen molar-refractivity contribution in [2.75, 3.05) is 11.9 Å². The van der Waals surface area contributed by atoms with Crippen LogP contribution in [0.4, 0.5) is 5.69 Å². The average Bonchev–Trinajstić information content (AvgIpc) is 2.81. The third kappa shape index (κ3) is 3.85. The Bertz CT molecular complexity index is 954. The fraction of sp³-hybridized carbons (Fsp3) is 0.0385. The lowest BCUT2D eigenvalue weighted by atomic mass is 10.3. The van der Waals surface area contributed by atoms with Crippen LogP contribution in [0.5, 0.6) is 0 Å². The first-order valence-corrected chi connectivity index (χ1v) is 11.5. The molecule has 0 fully saturated rings. The Labute approximate surface area is 172 Å². The first-order valence-electron chi connectivity index (χ1n) is 9.70. The van der Waals surface area contributed by atoms with Crippen LogP contribution in [0.1, 0.15) is 0 Å². The monoisotopic (exact) mass is 396 g/mol. The number of hydrogen-bond donors (Lipinski definition) is 1. The van der Waals surface area contributed by atoms with Gasteiger partial charge in [0.15, 0.2) is 7.26 Å². The van der Waals surface area contributed by atoms with Gasteiger partial charge in [0.1, 0.15) is 22.5 Å². The van der Waals surface area contributed by atoms with E-state index in [-0.39, 0.29) is 12.1 Å². The maximum absolute atomic E-state index is 14.0. The molecule has 0 amide bonds. The maximum atomic E-state index is 14.0. The third-order valence-corrected chi connectivity index (χ3v) is 9.15. The van der Waals surface area contributed by atoms with Crippen LogP contribution in [0.3, 0.4) is 0 Å². The highest BCUT2D eigenvalue weighted by Gasteiger charge is 2.52. The number of carbonyl (C=O) groups is 1. The average molecular weight is 396 g/mol. The number of para-hydroxylation sites is 1. The van der Waals surface area contributed by atoms with Crippen molar-refractivity contribution in [1.82, 2.24) is 0 Å². The second-order valence-corrected chi connectivity index (χ2v) is 10.2. The summed E-state index contributed by atoms with van der Waals surface area (Å²) in [5, 5.41) is 6.58. The molecule has 0 spiro atoms. The first kappa shape index (κ1) is 19.1. The molecule has 0 bridgehead atoms. The highest BCUT2D eigenvalue weighted by atomic mass is 31.2. The van der Waals surface area contributed by atoms with Gasteiger partial charge in [-0.15, -0.1) is 0 Å². The molecular weight excluding hydrogens is 373 g/mol. The lowest BCUT2D eigenvalue weighted by Gasteiger charge is -2.25. The number of benzene rings is 4. The van der Waals surface area contributed by atoms with Gasteiger partial charge in [0.2, 0.25) is 0 Å². The van der Waals surface area contributed by atoms with Crippen LogP contribution >= 0.6 is 7.26 Å². The molecule has 4 aromatic carbocycles. The normalized spacial score (nSPS) is 11.0. The summed E-state index contributed by atoms with van der Waals surface area (Å²) in [6, 6.07) is 40.6. The second-order valence-electron chi connectivity index (χ2n) is 6.79. The minimum absolute atomic E-state index is 0.213. The molecule has 0 radical (unpaired) electrons. The Morgan fingerprint density at radius 1 is 0.552 bits per heavy atom. The van der Waals surface area contributed by atoms with Gasteiger partial charge in [-0.3, -0.25) is 0 Å². The van der Waals surface area contributed by atoms with Gasteiger partial charge in [-0.05, 0) is 48.5 Å². The molecule has 4 aromatic rings. The molecule has 0 atom stereocenters. The van der Waals surface area contributed by atoms with E-state index in [0.29, 0.717) is 0 Å². The number of rotatable bonds is 7. The Balaban J connectivity index is 1.87. The lowest BCUT2D eigenvalue weighted by Crippen LogP contribution is -2.38. The van der Waals surface area contributed by atoms with Gasteiger partial charge in [0.05, 0.1) is 0 Å². The van der Waals surface area contributed by atoms with Crippen molar-refractivity contribution in [3.63, 3.8) is 0 Å². The van der Waals surface area contributed by atoms with Crippen molar-refractivity contribution < 1.29 is 4.79 Å². The highest BCUT2D eigenvalue weighted by Crippen LogP contribution is 2.56. The topological polar surface area (TPSA) is 29.1 Å². The van der Waals surface area contributed by atoms with Crippen LogP contribution in [-0.2, 0) is 4.79 Å². The molecule has 0 aromatic heterocycles. The van der Waals surface area contributed by atoms with Gasteiger partial charge in [-0.1, -0.05) is 72.8 Å². The van der Waals surface area contributed by atoms with Crippen LogP contribution in [0.2, 0.25) is 0 Å². The molecule has 0 heterocycles. The number of carbonyl (C=O) groups excluding carboxylic acids is 1. The number of hydrogen-bond acceptors (Lipinski definition) is 2. The van der Waals surface area contributed by atoms with E-state index in [2.05, 4.69) is 41.7 Å². The van der Waals surface area contributed by atoms with E-state index >= 15 is 0 Å². The Morgan fingerprint density at radius 3 is 1.28 bits per heavy atom. The van der Waals surface area contributed by atoms with Crippen LogP contribution in [0.15, 0.2) is 121 Å². The molecule has 0 aliphatic carbocycles. The van der Waals surface area contributed by atoms with E-state index in [1.165, 1.54) is 0 Å². The van der Waals surface area contributed by atoms with E-state index in [9.17, 15) is 4.79 Å².